The van der Waals surface area contributed by atoms with Crippen molar-refractivity contribution < 1.29 is 9.47 Å². The maximum atomic E-state index is 6.21. The van der Waals surface area contributed by atoms with Crippen LogP contribution in [0.2, 0.25) is 5.02 Å². The molecule has 1 aliphatic rings. The van der Waals surface area contributed by atoms with Crippen molar-refractivity contribution in [3.8, 4) is 11.5 Å². The van der Waals surface area contributed by atoms with Crippen LogP contribution in [0.3, 0.4) is 0 Å². The first-order valence-corrected chi connectivity index (χ1v) is 10.0. The second kappa shape index (κ2) is 8.81. The molecule has 0 aliphatic heterocycles. The van der Waals surface area contributed by atoms with Crippen LogP contribution in [0.25, 0.3) is 0 Å². The molecule has 3 rings (SSSR count). The zero-order chi connectivity index (χ0) is 19.3. The van der Waals surface area contributed by atoms with Crippen molar-refractivity contribution in [2.45, 2.75) is 38.1 Å². The lowest BCUT2D eigenvalue weighted by molar-refractivity contribution is 0.339. The van der Waals surface area contributed by atoms with Gasteiger partial charge in [0.25, 0.3) is 0 Å². The van der Waals surface area contributed by atoms with E-state index in [9.17, 15) is 0 Å². The van der Waals surface area contributed by atoms with Crippen molar-refractivity contribution in [3.05, 3.63) is 53.1 Å². The second-order valence-corrected chi connectivity index (χ2v) is 7.49. The van der Waals surface area contributed by atoms with Crippen molar-refractivity contribution in [3.63, 3.8) is 0 Å². The fourth-order valence-electron chi connectivity index (χ4n) is 3.63. The van der Waals surface area contributed by atoms with E-state index in [1.165, 1.54) is 18.4 Å². The summed E-state index contributed by atoms with van der Waals surface area (Å²) in [7, 11) is 1.60. The molecule has 1 fully saturated rings. The Labute approximate surface area is 171 Å². The Bertz CT molecular complexity index is 789. The molecule has 0 aromatic heterocycles. The van der Waals surface area contributed by atoms with Gasteiger partial charge in [0.05, 0.1) is 24.3 Å². The molecule has 0 saturated heterocycles. The number of ether oxygens (including phenoxy) is 2. The maximum Gasteiger partial charge on any atom is 0.171 e. The number of anilines is 1. The van der Waals surface area contributed by atoms with E-state index in [-0.39, 0.29) is 5.54 Å². The van der Waals surface area contributed by atoms with Gasteiger partial charge in [-0.05, 0) is 67.9 Å². The topological polar surface area (TPSA) is 42.5 Å². The Morgan fingerprint density at radius 1 is 1.15 bits per heavy atom. The molecule has 0 spiro atoms. The third-order valence-electron chi connectivity index (χ3n) is 4.94. The van der Waals surface area contributed by atoms with Crippen LogP contribution >= 0.6 is 23.8 Å². The molecule has 2 N–H and O–H groups in total. The molecule has 0 atom stereocenters. The Morgan fingerprint density at radius 2 is 1.85 bits per heavy atom. The average molecular weight is 405 g/mol. The van der Waals surface area contributed by atoms with Gasteiger partial charge in [0.2, 0.25) is 0 Å². The molecule has 2 aromatic carbocycles. The molecule has 0 bridgehead atoms. The molecule has 6 heteroatoms. The van der Waals surface area contributed by atoms with Crippen LogP contribution in [0.5, 0.6) is 11.5 Å². The lowest BCUT2D eigenvalue weighted by Crippen LogP contribution is -2.45. The fraction of sp³-hybridized carbons (Fsp3) is 0.381. The van der Waals surface area contributed by atoms with Gasteiger partial charge >= 0.3 is 0 Å². The number of hydrogen-bond acceptors (Lipinski definition) is 3. The van der Waals surface area contributed by atoms with Gasteiger partial charge in [-0.2, -0.15) is 0 Å². The van der Waals surface area contributed by atoms with Crippen molar-refractivity contribution in [2.75, 3.05) is 19.0 Å². The number of nitrogens with one attached hydrogen (secondary N) is 2. The van der Waals surface area contributed by atoms with Crippen LogP contribution < -0.4 is 20.1 Å². The van der Waals surface area contributed by atoms with E-state index in [1.54, 1.807) is 7.11 Å². The average Bonchev–Trinajstić information content (AvgIpc) is 3.12. The predicted octanol–water partition coefficient (Wildman–Crippen LogP) is 5.50. The molecule has 0 amide bonds. The molecule has 4 nitrogen and oxygen atoms in total. The van der Waals surface area contributed by atoms with Gasteiger partial charge in [-0.15, -0.1) is 0 Å². The second-order valence-electron chi connectivity index (χ2n) is 6.68. The molecule has 1 saturated carbocycles. The van der Waals surface area contributed by atoms with Crippen LogP contribution in [-0.2, 0) is 5.54 Å². The van der Waals surface area contributed by atoms with Crippen LogP contribution in [0.4, 0.5) is 5.69 Å². The predicted molar refractivity (Wildman–Crippen MR) is 115 cm³/mol. The molecule has 0 heterocycles. The summed E-state index contributed by atoms with van der Waals surface area (Å²) in [5.74, 6) is 1.53. The van der Waals surface area contributed by atoms with E-state index in [0.717, 1.165) is 24.3 Å². The van der Waals surface area contributed by atoms with Crippen LogP contribution in [0.15, 0.2) is 42.5 Å². The SMILES string of the molecule is CCOc1ccc(C2(NC(=S)Nc3ccc(OC)c(Cl)c3)CCCC2)cc1. The lowest BCUT2D eigenvalue weighted by Gasteiger charge is -2.32. The molecular formula is C21H25ClN2O2S. The largest absolute Gasteiger partial charge is 0.495 e. The number of rotatable bonds is 6. The van der Waals surface area contributed by atoms with E-state index in [1.807, 2.05) is 37.3 Å². The lowest BCUT2D eigenvalue weighted by atomic mass is 9.88. The van der Waals surface area contributed by atoms with Gasteiger partial charge in [0.15, 0.2) is 5.11 Å². The van der Waals surface area contributed by atoms with Gasteiger partial charge < -0.3 is 20.1 Å². The zero-order valence-corrected chi connectivity index (χ0v) is 17.3. The highest BCUT2D eigenvalue weighted by Crippen LogP contribution is 2.39. The molecule has 144 valence electrons. The summed E-state index contributed by atoms with van der Waals surface area (Å²) in [6.45, 7) is 2.66. The molecule has 27 heavy (non-hydrogen) atoms. The van der Waals surface area contributed by atoms with Crippen molar-refractivity contribution >= 4 is 34.6 Å². The molecule has 2 aromatic rings. The van der Waals surface area contributed by atoms with Gasteiger partial charge in [-0.25, -0.2) is 0 Å². The summed E-state index contributed by atoms with van der Waals surface area (Å²) in [5.41, 5.74) is 1.92. The minimum Gasteiger partial charge on any atom is -0.495 e. The first-order chi connectivity index (χ1) is 13.1. The van der Waals surface area contributed by atoms with Gasteiger partial charge in [-0.1, -0.05) is 36.6 Å². The Morgan fingerprint density at radius 3 is 2.44 bits per heavy atom. The third kappa shape index (κ3) is 4.66. The highest BCUT2D eigenvalue weighted by atomic mass is 35.5. The quantitative estimate of drug-likeness (QED) is 0.622. The highest BCUT2D eigenvalue weighted by Gasteiger charge is 2.36. The summed E-state index contributed by atoms with van der Waals surface area (Å²) in [4.78, 5) is 0. The number of halogens is 1. The molecule has 0 radical (unpaired) electrons. The summed E-state index contributed by atoms with van der Waals surface area (Å²) in [6.07, 6.45) is 4.45. The Balaban J connectivity index is 1.73. The van der Waals surface area contributed by atoms with Crippen molar-refractivity contribution in [1.29, 1.82) is 0 Å². The summed E-state index contributed by atoms with van der Waals surface area (Å²) >= 11 is 11.8. The van der Waals surface area contributed by atoms with Crippen LogP contribution in [0, 0.1) is 0 Å². The third-order valence-corrected chi connectivity index (χ3v) is 5.44. The van der Waals surface area contributed by atoms with Crippen molar-refractivity contribution in [2.24, 2.45) is 0 Å². The summed E-state index contributed by atoms with van der Waals surface area (Å²) in [6, 6.07) is 13.9. The summed E-state index contributed by atoms with van der Waals surface area (Å²) < 4.78 is 10.8. The Hall–Kier alpha value is -1.98. The monoisotopic (exact) mass is 404 g/mol. The number of thiocarbonyl (C=S) groups is 1. The normalized spacial score (nSPS) is 15.2. The van der Waals surface area contributed by atoms with Gasteiger partial charge in [0.1, 0.15) is 11.5 Å². The first kappa shape index (κ1) is 19.8. The minimum absolute atomic E-state index is 0.148. The van der Waals surface area contributed by atoms with E-state index in [0.29, 0.717) is 22.5 Å². The van der Waals surface area contributed by atoms with E-state index in [2.05, 4.69) is 22.8 Å². The molecule has 1 aliphatic carbocycles. The standard InChI is InChI=1S/C21H25ClN2O2S/c1-3-26-17-9-6-15(7-10-17)21(12-4-5-13-21)24-20(27)23-16-8-11-19(25-2)18(22)14-16/h6-11,14H,3-5,12-13H2,1-2H3,(H2,23,24,27). The first-order valence-electron chi connectivity index (χ1n) is 9.22. The van der Waals surface area contributed by atoms with Crippen LogP contribution in [-0.4, -0.2) is 18.8 Å². The van der Waals surface area contributed by atoms with E-state index < -0.39 is 0 Å². The molecule has 0 unspecified atom stereocenters. The van der Waals surface area contributed by atoms with Crippen molar-refractivity contribution in [1.82, 2.24) is 5.32 Å². The maximum absolute atomic E-state index is 6.21. The zero-order valence-electron chi connectivity index (χ0n) is 15.7. The smallest absolute Gasteiger partial charge is 0.171 e. The number of benzene rings is 2. The van der Waals surface area contributed by atoms with E-state index in [4.69, 9.17) is 33.3 Å². The number of hydrogen-bond donors (Lipinski definition) is 2. The number of methoxy groups -OCH3 is 1. The van der Waals surface area contributed by atoms with Gasteiger partial charge in [0, 0.05) is 5.69 Å². The fourth-order valence-corrected chi connectivity index (χ4v) is 4.20. The Kier molecular flexibility index (Phi) is 6.45. The minimum atomic E-state index is -0.148. The van der Waals surface area contributed by atoms with E-state index >= 15 is 0 Å². The highest BCUT2D eigenvalue weighted by molar-refractivity contribution is 7.80. The van der Waals surface area contributed by atoms with Gasteiger partial charge in [-0.3, -0.25) is 0 Å². The molecular weight excluding hydrogens is 380 g/mol. The summed E-state index contributed by atoms with van der Waals surface area (Å²) in [5, 5.41) is 7.94. The van der Waals surface area contributed by atoms with Crippen LogP contribution in [0.1, 0.15) is 38.2 Å².